The van der Waals surface area contributed by atoms with E-state index in [9.17, 15) is 0 Å². The Hall–Kier alpha value is 0.517. The molecular weight excluding hydrogens is 382 g/mol. The molecule has 0 amide bonds. The lowest BCUT2D eigenvalue weighted by molar-refractivity contribution is 0.188. The molecule has 1 aromatic carbocycles. The minimum absolute atomic E-state index is 0.114. The molecule has 2 nitrogen and oxygen atoms in total. The van der Waals surface area contributed by atoms with E-state index in [0.29, 0.717) is 18.8 Å². The third-order valence-electron chi connectivity index (χ3n) is 3.35. The van der Waals surface area contributed by atoms with Gasteiger partial charge < -0.3 is 8.85 Å². The molecule has 0 aliphatic heterocycles. The summed E-state index contributed by atoms with van der Waals surface area (Å²) in [5, 5.41) is -0.114. The van der Waals surface area contributed by atoms with E-state index in [0.717, 1.165) is 18.0 Å². The Labute approximate surface area is 154 Å². The van der Waals surface area contributed by atoms with Crippen LogP contribution in [0.3, 0.4) is 0 Å². The summed E-state index contributed by atoms with van der Waals surface area (Å²) in [6.07, 6.45) is 0.789. The number of alkyl halides is 4. The quantitative estimate of drug-likeness (QED) is 0.373. The van der Waals surface area contributed by atoms with Crippen molar-refractivity contribution in [3.63, 3.8) is 0 Å². The Morgan fingerprint density at radius 2 is 1.55 bits per heavy atom. The summed E-state index contributed by atoms with van der Waals surface area (Å²) in [7, 11) is -2.13. The molecule has 0 aliphatic carbocycles. The highest BCUT2D eigenvalue weighted by atomic mass is 35.6. The Balaban J connectivity index is 2.66. The standard InChI is InChI=1S/C15H22Cl4O2Si/c1-4-20-22(3,21-5-2)11-10-14(16)12-6-8-13(9-7-12)15(17,18)19/h6-9,14H,4-5,10-11H2,1-3H3. The Morgan fingerprint density at radius 3 is 1.95 bits per heavy atom. The predicted octanol–water partition coefficient (Wildman–Crippen LogP) is 6.33. The van der Waals surface area contributed by atoms with Crippen molar-refractivity contribution < 1.29 is 8.85 Å². The third-order valence-corrected chi connectivity index (χ3v) is 7.47. The van der Waals surface area contributed by atoms with Crippen molar-refractivity contribution in [2.45, 2.75) is 42.0 Å². The molecule has 0 radical (unpaired) electrons. The van der Waals surface area contributed by atoms with Crippen molar-refractivity contribution >= 4 is 55.0 Å². The fraction of sp³-hybridized carbons (Fsp3) is 0.600. The molecule has 1 atom stereocenters. The van der Waals surface area contributed by atoms with Crippen LogP contribution in [0.25, 0.3) is 0 Å². The molecule has 126 valence electrons. The molecule has 7 heteroatoms. The molecule has 0 saturated carbocycles. The molecular formula is C15H22Cl4O2Si. The first-order chi connectivity index (χ1) is 10.2. The number of benzene rings is 1. The van der Waals surface area contributed by atoms with Crippen molar-refractivity contribution in [3.05, 3.63) is 35.4 Å². The van der Waals surface area contributed by atoms with Crippen molar-refractivity contribution in [2.24, 2.45) is 0 Å². The van der Waals surface area contributed by atoms with Gasteiger partial charge in [-0.3, -0.25) is 0 Å². The van der Waals surface area contributed by atoms with Gasteiger partial charge >= 0.3 is 8.56 Å². The molecule has 0 spiro atoms. The van der Waals surface area contributed by atoms with E-state index >= 15 is 0 Å². The van der Waals surface area contributed by atoms with Gasteiger partial charge in [-0.15, -0.1) is 11.6 Å². The van der Waals surface area contributed by atoms with Crippen LogP contribution in [0.5, 0.6) is 0 Å². The van der Waals surface area contributed by atoms with Gasteiger partial charge in [0.2, 0.25) is 3.79 Å². The SMILES string of the molecule is CCO[Si](C)(CCC(Cl)c1ccc(C(Cl)(Cl)Cl)cc1)OCC. The molecule has 1 aromatic rings. The molecule has 0 saturated heterocycles. The average molecular weight is 404 g/mol. The van der Waals surface area contributed by atoms with E-state index in [4.69, 9.17) is 55.3 Å². The van der Waals surface area contributed by atoms with Crippen LogP contribution in [0.4, 0.5) is 0 Å². The van der Waals surface area contributed by atoms with Gasteiger partial charge in [0.05, 0.1) is 5.38 Å². The lowest BCUT2D eigenvalue weighted by Crippen LogP contribution is -2.38. The van der Waals surface area contributed by atoms with Gasteiger partial charge in [0.1, 0.15) is 0 Å². The first-order valence-corrected chi connectivity index (χ1v) is 11.4. The van der Waals surface area contributed by atoms with Gasteiger partial charge in [-0.2, -0.15) is 0 Å². The normalized spacial score (nSPS) is 14.1. The van der Waals surface area contributed by atoms with E-state index in [1.54, 1.807) is 12.1 Å². The minimum atomic E-state index is -2.13. The Bertz CT molecular complexity index is 442. The Morgan fingerprint density at radius 1 is 1.05 bits per heavy atom. The first-order valence-electron chi connectivity index (χ1n) is 7.31. The van der Waals surface area contributed by atoms with Crippen LogP contribution in [-0.4, -0.2) is 21.8 Å². The molecule has 0 fully saturated rings. The second-order valence-electron chi connectivity index (χ2n) is 5.13. The summed E-state index contributed by atoms with van der Waals surface area (Å²) < 4.78 is 10.2. The zero-order valence-electron chi connectivity index (χ0n) is 13.0. The van der Waals surface area contributed by atoms with Crippen LogP contribution in [0.2, 0.25) is 12.6 Å². The van der Waals surface area contributed by atoms with Crippen molar-refractivity contribution in [1.29, 1.82) is 0 Å². The van der Waals surface area contributed by atoms with Crippen LogP contribution < -0.4 is 0 Å². The fourth-order valence-electron chi connectivity index (χ4n) is 2.23. The van der Waals surface area contributed by atoms with Crippen LogP contribution in [0.15, 0.2) is 24.3 Å². The number of halogens is 4. The lowest BCUT2D eigenvalue weighted by atomic mass is 10.1. The van der Waals surface area contributed by atoms with Gasteiger partial charge in [-0.1, -0.05) is 59.1 Å². The van der Waals surface area contributed by atoms with Crippen LogP contribution in [0, 0.1) is 0 Å². The largest absolute Gasteiger partial charge is 0.395 e. The lowest BCUT2D eigenvalue weighted by Gasteiger charge is -2.26. The van der Waals surface area contributed by atoms with Gasteiger partial charge in [-0.05, 0) is 38.4 Å². The molecule has 0 N–H and O–H groups in total. The van der Waals surface area contributed by atoms with Gasteiger partial charge in [0, 0.05) is 18.8 Å². The molecule has 0 aliphatic rings. The maximum Gasteiger partial charge on any atom is 0.334 e. The van der Waals surface area contributed by atoms with E-state index in [2.05, 4.69) is 6.55 Å². The van der Waals surface area contributed by atoms with Gasteiger partial charge in [0.25, 0.3) is 0 Å². The monoisotopic (exact) mass is 402 g/mol. The molecule has 0 bridgehead atoms. The van der Waals surface area contributed by atoms with Crippen molar-refractivity contribution in [2.75, 3.05) is 13.2 Å². The van der Waals surface area contributed by atoms with E-state index in [1.165, 1.54) is 0 Å². The molecule has 1 rings (SSSR count). The summed E-state index contributed by atoms with van der Waals surface area (Å²) in [5.41, 5.74) is 1.64. The highest BCUT2D eigenvalue weighted by Crippen LogP contribution is 2.39. The molecule has 0 heterocycles. The summed E-state index contributed by atoms with van der Waals surface area (Å²) in [5.74, 6) is 0. The molecule has 1 unspecified atom stereocenters. The van der Waals surface area contributed by atoms with Crippen molar-refractivity contribution in [1.82, 2.24) is 0 Å². The first kappa shape index (κ1) is 20.6. The number of hydrogen-bond acceptors (Lipinski definition) is 2. The highest BCUT2D eigenvalue weighted by molar-refractivity contribution is 6.67. The minimum Gasteiger partial charge on any atom is -0.395 e. The van der Waals surface area contributed by atoms with Crippen LogP contribution >= 0.6 is 46.4 Å². The predicted molar refractivity (Wildman–Crippen MR) is 98.6 cm³/mol. The molecule has 0 aromatic heterocycles. The summed E-state index contributed by atoms with van der Waals surface area (Å²) in [6, 6.07) is 8.22. The maximum absolute atomic E-state index is 6.49. The average Bonchev–Trinajstić information content (AvgIpc) is 2.45. The van der Waals surface area contributed by atoms with E-state index in [1.807, 2.05) is 26.0 Å². The molecule has 22 heavy (non-hydrogen) atoms. The second kappa shape index (κ2) is 9.12. The zero-order valence-corrected chi connectivity index (χ0v) is 17.1. The van der Waals surface area contributed by atoms with Gasteiger partial charge in [-0.25, -0.2) is 0 Å². The van der Waals surface area contributed by atoms with Gasteiger partial charge in [0.15, 0.2) is 0 Å². The summed E-state index contributed by atoms with van der Waals surface area (Å²) in [6.45, 7) is 7.37. The smallest absolute Gasteiger partial charge is 0.334 e. The number of rotatable bonds is 8. The van der Waals surface area contributed by atoms with Crippen molar-refractivity contribution in [3.8, 4) is 0 Å². The summed E-state index contributed by atoms with van der Waals surface area (Å²) >= 11 is 24.0. The fourth-order valence-corrected chi connectivity index (χ4v) is 5.46. The van der Waals surface area contributed by atoms with E-state index in [-0.39, 0.29) is 5.38 Å². The second-order valence-corrected chi connectivity index (χ2v) is 11.3. The van der Waals surface area contributed by atoms with E-state index < -0.39 is 12.4 Å². The van der Waals surface area contributed by atoms with Crippen LogP contribution in [-0.2, 0) is 12.6 Å². The highest BCUT2D eigenvalue weighted by Gasteiger charge is 2.31. The summed E-state index contributed by atoms with van der Waals surface area (Å²) in [4.78, 5) is 0. The third kappa shape index (κ3) is 6.56. The van der Waals surface area contributed by atoms with Crippen LogP contribution in [0.1, 0.15) is 36.8 Å². The zero-order chi connectivity index (χ0) is 16.8. The Kier molecular flexibility index (Phi) is 8.52. The topological polar surface area (TPSA) is 18.5 Å². The number of hydrogen-bond donors (Lipinski definition) is 0. The maximum atomic E-state index is 6.49.